The number of hydrogen-bond acceptors (Lipinski definition) is 5. The highest BCUT2D eigenvalue weighted by molar-refractivity contribution is 6.35. The van der Waals surface area contributed by atoms with Crippen molar-refractivity contribution in [3.05, 3.63) is 36.3 Å². The van der Waals surface area contributed by atoms with Crippen LogP contribution in [0.5, 0.6) is 0 Å². The number of aromatic nitrogens is 4. The average molecular weight is 326 g/mol. The van der Waals surface area contributed by atoms with Gasteiger partial charge in [-0.25, -0.2) is 4.98 Å². The van der Waals surface area contributed by atoms with Gasteiger partial charge in [0.2, 0.25) is 0 Å². The van der Waals surface area contributed by atoms with E-state index in [9.17, 15) is 9.59 Å². The van der Waals surface area contributed by atoms with E-state index in [0.29, 0.717) is 25.5 Å². The Balaban J connectivity index is 1.44. The number of carbonyl (C=O) groups is 2. The van der Waals surface area contributed by atoms with Crippen molar-refractivity contribution >= 4 is 11.8 Å². The van der Waals surface area contributed by atoms with Crippen LogP contribution >= 0.6 is 0 Å². The zero-order valence-electron chi connectivity index (χ0n) is 13.4. The molecule has 2 aliphatic rings. The molecule has 24 heavy (non-hydrogen) atoms. The fourth-order valence-corrected chi connectivity index (χ4v) is 2.97. The first-order chi connectivity index (χ1) is 11.6. The molecule has 2 aromatic heterocycles. The van der Waals surface area contributed by atoms with E-state index in [2.05, 4.69) is 15.2 Å². The van der Waals surface area contributed by atoms with Gasteiger partial charge in [0.1, 0.15) is 0 Å². The first-order valence-electron chi connectivity index (χ1n) is 7.99. The number of pyridine rings is 1. The van der Waals surface area contributed by atoms with E-state index in [0.717, 1.165) is 18.4 Å². The number of rotatable bonds is 4. The number of nitrogens with zero attached hydrogens (tertiary/aromatic N) is 6. The Morgan fingerprint density at radius 2 is 1.83 bits per heavy atom. The SMILES string of the molecule is CC1(N2CCN(Cc3ccc(-n4nccn4)nc3)C(=O)C2=O)CC1. The van der Waals surface area contributed by atoms with Crippen molar-refractivity contribution in [3.63, 3.8) is 0 Å². The lowest BCUT2D eigenvalue weighted by molar-refractivity contribution is -0.158. The maximum absolute atomic E-state index is 12.4. The van der Waals surface area contributed by atoms with Crippen LogP contribution in [0.4, 0.5) is 0 Å². The van der Waals surface area contributed by atoms with E-state index in [1.54, 1.807) is 34.5 Å². The van der Waals surface area contributed by atoms with Gasteiger partial charge in [-0.3, -0.25) is 9.59 Å². The summed E-state index contributed by atoms with van der Waals surface area (Å²) in [6.45, 7) is 3.58. The first-order valence-corrected chi connectivity index (χ1v) is 7.99. The number of carbonyl (C=O) groups excluding carboxylic acids is 2. The van der Waals surface area contributed by atoms with Crippen molar-refractivity contribution in [1.82, 2.24) is 29.8 Å². The van der Waals surface area contributed by atoms with E-state index in [1.165, 1.54) is 4.80 Å². The zero-order chi connectivity index (χ0) is 16.7. The Labute approximate surface area is 139 Å². The maximum atomic E-state index is 12.4. The van der Waals surface area contributed by atoms with E-state index in [4.69, 9.17) is 0 Å². The monoisotopic (exact) mass is 326 g/mol. The third kappa shape index (κ3) is 2.53. The molecule has 0 radical (unpaired) electrons. The molecular weight excluding hydrogens is 308 g/mol. The van der Waals surface area contributed by atoms with Crippen molar-refractivity contribution in [2.45, 2.75) is 31.8 Å². The van der Waals surface area contributed by atoms with Gasteiger partial charge in [0.25, 0.3) is 0 Å². The first kappa shape index (κ1) is 14.8. The maximum Gasteiger partial charge on any atom is 0.312 e. The quantitative estimate of drug-likeness (QED) is 0.759. The molecule has 2 aromatic rings. The van der Waals surface area contributed by atoms with Gasteiger partial charge < -0.3 is 9.80 Å². The molecule has 1 aliphatic carbocycles. The van der Waals surface area contributed by atoms with Gasteiger partial charge in [-0.2, -0.15) is 10.2 Å². The summed E-state index contributed by atoms with van der Waals surface area (Å²) in [5.41, 5.74) is 0.775. The van der Waals surface area contributed by atoms with Crippen molar-refractivity contribution in [1.29, 1.82) is 0 Å². The van der Waals surface area contributed by atoms with Crippen LogP contribution in [0.15, 0.2) is 30.7 Å². The Morgan fingerprint density at radius 3 is 2.46 bits per heavy atom. The molecule has 2 amide bonds. The minimum Gasteiger partial charge on any atom is -0.328 e. The van der Waals surface area contributed by atoms with Crippen molar-refractivity contribution in [2.24, 2.45) is 0 Å². The van der Waals surface area contributed by atoms with Crippen LogP contribution in [-0.4, -0.2) is 60.2 Å². The van der Waals surface area contributed by atoms with Crippen LogP contribution in [0.2, 0.25) is 0 Å². The second kappa shape index (κ2) is 5.40. The van der Waals surface area contributed by atoms with Crippen molar-refractivity contribution in [2.75, 3.05) is 13.1 Å². The summed E-state index contributed by atoms with van der Waals surface area (Å²) in [6.07, 6.45) is 6.82. The van der Waals surface area contributed by atoms with Gasteiger partial charge in [-0.1, -0.05) is 6.07 Å². The van der Waals surface area contributed by atoms with Crippen LogP contribution in [-0.2, 0) is 16.1 Å². The third-order valence-corrected chi connectivity index (χ3v) is 4.74. The Hall–Kier alpha value is -2.77. The molecule has 8 nitrogen and oxygen atoms in total. The van der Waals surface area contributed by atoms with Crippen LogP contribution in [0, 0.1) is 0 Å². The summed E-state index contributed by atoms with van der Waals surface area (Å²) in [6, 6.07) is 3.67. The summed E-state index contributed by atoms with van der Waals surface area (Å²) in [7, 11) is 0. The predicted molar refractivity (Wildman–Crippen MR) is 83.9 cm³/mol. The molecule has 0 N–H and O–H groups in total. The molecule has 2 fully saturated rings. The van der Waals surface area contributed by atoms with Crippen LogP contribution < -0.4 is 0 Å². The van der Waals surface area contributed by atoms with Crippen LogP contribution in [0.25, 0.3) is 5.82 Å². The molecule has 1 saturated heterocycles. The lowest BCUT2D eigenvalue weighted by Crippen LogP contribution is -2.57. The highest BCUT2D eigenvalue weighted by Gasteiger charge is 2.49. The largest absolute Gasteiger partial charge is 0.328 e. The summed E-state index contributed by atoms with van der Waals surface area (Å²) < 4.78 is 0. The lowest BCUT2D eigenvalue weighted by Gasteiger charge is -2.37. The molecule has 0 atom stereocenters. The van der Waals surface area contributed by atoms with Gasteiger partial charge in [-0.15, -0.1) is 4.80 Å². The van der Waals surface area contributed by atoms with Gasteiger partial charge >= 0.3 is 11.8 Å². The minimum absolute atomic E-state index is 0.0984. The molecule has 0 spiro atoms. The average Bonchev–Trinajstić information content (AvgIpc) is 3.11. The van der Waals surface area contributed by atoms with Gasteiger partial charge in [0.15, 0.2) is 5.82 Å². The molecule has 124 valence electrons. The topological polar surface area (TPSA) is 84.2 Å². The van der Waals surface area contributed by atoms with Crippen LogP contribution in [0.1, 0.15) is 25.3 Å². The van der Waals surface area contributed by atoms with Crippen LogP contribution in [0.3, 0.4) is 0 Å². The molecule has 0 bridgehead atoms. The fraction of sp³-hybridized carbons (Fsp3) is 0.438. The van der Waals surface area contributed by atoms with E-state index < -0.39 is 5.91 Å². The second-order valence-corrected chi connectivity index (χ2v) is 6.52. The fourth-order valence-electron chi connectivity index (χ4n) is 2.97. The molecular formula is C16H18N6O2. The number of hydrogen-bond donors (Lipinski definition) is 0. The molecule has 0 aromatic carbocycles. The Morgan fingerprint density at radius 1 is 1.08 bits per heavy atom. The standard InChI is InChI=1S/C16H18N6O2/c1-16(4-5-16)21-9-8-20(14(23)15(21)24)11-12-2-3-13(17-10-12)22-18-6-7-19-22/h2-3,6-7,10H,4-5,8-9,11H2,1H3. The number of piperazine rings is 1. The summed E-state index contributed by atoms with van der Waals surface area (Å²) in [5.74, 6) is -0.198. The second-order valence-electron chi connectivity index (χ2n) is 6.52. The Bertz CT molecular complexity index is 766. The summed E-state index contributed by atoms with van der Waals surface area (Å²) >= 11 is 0. The highest BCUT2D eigenvalue weighted by atomic mass is 16.2. The van der Waals surface area contributed by atoms with Crippen molar-refractivity contribution in [3.8, 4) is 5.82 Å². The van der Waals surface area contributed by atoms with E-state index in [-0.39, 0.29) is 11.4 Å². The minimum atomic E-state index is -0.424. The normalized spacial score (nSPS) is 19.7. The highest BCUT2D eigenvalue weighted by Crippen LogP contribution is 2.41. The van der Waals surface area contributed by atoms with Crippen molar-refractivity contribution < 1.29 is 9.59 Å². The van der Waals surface area contributed by atoms with E-state index >= 15 is 0 Å². The van der Waals surface area contributed by atoms with E-state index in [1.807, 2.05) is 13.0 Å². The molecule has 3 heterocycles. The molecule has 0 unspecified atom stereocenters. The number of amides is 2. The van der Waals surface area contributed by atoms with Gasteiger partial charge in [-0.05, 0) is 31.4 Å². The Kier molecular flexibility index (Phi) is 3.33. The molecule has 4 rings (SSSR count). The zero-order valence-corrected chi connectivity index (χ0v) is 13.4. The molecule has 1 saturated carbocycles. The van der Waals surface area contributed by atoms with Gasteiger partial charge in [0, 0.05) is 31.4 Å². The summed E-state index contributed by atoms with van der Waals surface area (Å²) in [4.78, 5) is 33.7. The molecule has 1 aliphatic heterocycles. The predicted octanol–water partition coefficient (Wildman–Crippen LogP) is 0.386. The summed E-state index contributed by atoms with van der Waals surface area (Å²) in [5, 5.41) is 8.04. The molecule has 8 heteroatoms. The lowest BCUT2D eigenvalue weighted by atomic mass is 10.1. The van der Waals surface area contributed by atoms with Gasteiger partial charge in [0.05, 0.1) is 12.4 Å². The smallest absolute Gasteiger partial charge is 0.312 e. The third-order valence-electron chi connectivity index (χ3n) is 4.74.